The maximum Gasteiger partial charge on any atom is 0.249 e. The van der Waals surface area contributed by atoms with Gasteiger partial charge in [0.15, 0.2) is 0 Å². The molecule has 0 bridgehead atoms. The van der Waals surface area contributed by atoms with Crippen LogP contribution >= 0.6 is 0 Å². The van der Waals surface area contributed by atoms with Gasteiger partial charge in [0.1, 0.15) is 0 Å². The number of hydrogen-bond donors (Lipinski definition) is 0. The first kappa shape index (κ1) is 11.3. The summed E-state index contributed by atoms with van der Waals surface area (Å²) in [5.41, 5.74) is 9.69. The molecule has 0 aliphatic rings. The first-order chi connectivity index (χ1) is 7.13. The predicted octanol–water partition coefficient (Wildman–Crippen LogP) is 3.34. The van der Waals surface area contributed by atoms with Crippen LogP contribution in [0.5, 0.6) is 0 Å². The van der Waals surface area contributed by atoms with Gasteiger partial charge in [0.25, 0.3) is 0 Å². The normalized spacial score (nSPS) is 9.80. The van der Waals surface area contributed by atoms with Crippen LogP contribution in [0.4, 0.5) is 0 Å². The molecule has 0 N–H and O–H groups in total. The lowest BCUT2D eigenvalue weighted by Gasteiger charge is -2.05. The van der Waals surface area contributed by atoms with E-state index in [0.29, 0.717) is 11.5 Å². The minimum Gasteiger partial charge on any atom is -0.287 e. The summed E-state index contributed by atoms with van der Waals surface area (Å²) >= 11 is 0. The van der Waals surface area contributed by atoms with Crippen molar-refractivity contribution < 1.29 is 4.79 Å². The molecule has 0 unspecified atom stereocenters. The first-order valence-electron chi connectivity index (χ1n) is 4.82. The van der Waals surface area contributed by atoms with Gasteiger partial charge in [-0.1, -0.05) is 32.0 Å². The summed E-state index contributed by atoms with van der Waals surface area (Å²) in [6, 6.07) is 7.20. The SMILES string of the molecule is CC(C)Cc1cccc(C(=O)N=[N+]=[N-])c1. The zero-order valence-electron chi connectivity index (χ0n) is 8.84. The summed E-state index contributed by atoms with van der Waals surface area (Å²) < 4.78 is 0. The van der Waals surface area contributed by atoms with Gasteiger partial charge in [0.05, 0.1) is 0 Å². The van der Waals surface area contributed by atoms with Crippen LogP contribution in [0, 0.1) is 5.92 Å². The Kier molecular flexibility index (Phi) is 3.89. The van der Waals surface area contributed by atoms with Crippen molar-refractivity contribution in [3.63, 3.8) is 0 Å². The molecule has 0 radical (unpaired) electrons. The third kappa shape index (κ3) is 3.44. The van der Waals surface area contributed by atoms with Gasteiger partial charge in [-0.05, 0) is 34.6 Å². The molecule has 0 fully saturated rings. The summed E-state index contributed by atoms with van der Waals surface area (Å²) in [4.78, 5) is 13.7. The molecular formula is C11H13N3O. The number of amides is 1. The summed E-state index contributed by atoms with van der Waals surface area (Å²) in [6.45, 7) is 4.23. The number of rotatable bonds is 3. The Hall–Kier alpha value is -1.80. The smallest absolute Gasteiger partial charge is 0.249 e. The van der Waals surface area contributed by atoms with Crippen LogP contribution in [0.1, 0.15) is 29.8 Å². The Bertz CT molecular complexity index is 406. The second kappa shape index (κ2) is 5.17. The van der Waals surface area contributed by atoms with E-state index in [-0.39, 0.29) is 0 Å². The summed E-state index contributed by atoms with van der Waals surface area (Å²) in [5, 5.41) is 3.06. The van der Waals surface area contributed by atoms with E-state index in [9.17, 15) is 4.79 Å². The van der Waals surface area contributed by atoms with Crippen molar-refractivity contribution >= 4 is 5.91 Å². The van der Waals surface area contributed by atoms with E-state index in [1.54, 1.807) is 18.2 Å². The molecule has 0 heterocycles. The summed E-state index contributed by atoms with van der Waals surface area (Å²) in [7, 11) is 0. The van der Waals surface area contributed by atoms with Gasteiger partial charge in [-0.15, -0.1) is 0 Å². The van der Waals surface area contributed by atoms with Crippen LogP contribution in [-0.2, 0) is 6.42 Å². The summed E-state index contributed by atoms with van der Waals surface area (Å²) in [5.74, 6) is 0.0120. The number of azide groups is 1. The fourth-order valence-electron chi connectivity index (χ4n) is 1.40. The standard InChI is InChI=1S/C11H13N3O/c1-8(2)6-9-4-3-5-10(7-9)11(15)13-14-12/h3-5,7-8H,6H2,1-2H3. The van der Waals surface area contributed by atoms with Crippen molar-refractivity contribution in [2.24, 2.45) is 11.0 Å². The number of nitrogens with zero attached hydrogens (tertiary/aromatic N) is 3. The molecule has 0 spiro atoms. The van der Waals surface area contributed by atoms with Crippen LogP contribution in [0.15, 0.2) is 29.4 Å². The van der Waals surface area contributed by atoms with E-state index in [2.05, 4.69) is 23.9 Å². The van der Waals surface area contributed by atoms with E-state index in [1.165, 1.54) is 0 Å². The Morgan fingerprint density at radius 2 is 2.27 bits per heavy atom. The second-order valence-electron chi connectivity index (χ2n) is 3.79. The Morgan fingerprint density at radius 3 is 2.87 bits per heavy atom. The van der Waals surface area contributed by atoms with E-state index in [0.717, 1.165) is 12.0 Å². The minimum atomic E-state index is -0.525. The van der Waals surface area contributed by atoms with Crippen LogP contribution < -0.4 is 0 Å². The topological polar surface area (TPSA) is 65.8 Å². The number of hydrogen-bond acceptors (Lipinski definition) is 1. The largest absolute Gasteiger partial charge is 0.287 e. The lowest BCUT2D eigenvalue weighted by molar-refractivity contribution is 0.1000. The highest BCUT2D eigenvalue weighted by atomic mass is 16.1. The maximum absolute atomic E-state index is 11.3. The average Bonchev–Trinajstić information content (AvgIpc) is 2.17. The van der Waals surface area contributed by atoms with Crippen LogP contribution in [-0.4, -0.2) is 5.91 Å². The number of carbonyl (C=O) groups excluding carboxylic acids is 1. The van der Waals surface area contributed by atoms with Crippen molar-refractivity contribution in [1.82, 2.24) is 0 Å². The third-order valence-corrected chi connectivity index (χ3v) is 1.95. The third-order valence-electron chi connectivity index (χ3n) is 1.95. The van der Waals surface area contributed by atoms with E-state index < -0.39 is 5.91 Å². The minimum absolute atomic E-state index is 0.450. The summed E-state index contributed by atoms with van der Waals surface area (Å²) in [6.07, 6.45) is 0.914. The highest BCUT2D eigenvalue weighted by molar-refractivity contribution is 5.94. The highest BCUT2D eigenvalue weighted by Crippen LogP contribution is 2.11. The molecule has 0 atom stereocenters. The Balaban J connectivity index is 2.92. The van der Waals surface area contributed by atoms with E-state index in [1.807, 2.05) is 6.07 Å². The lowest BCUT2D eigenvalue weighted by Crippen LogP contribution is -1.98. The monoisotopic (exact) mass is 203 g/mol. The van der Waals surface area contributed by atoms with Gasteiger partial charge in [-0.2, -0.15) is 0 Å². The zero-order valence-corrected chi connectivity index (χ0v) is 8.84. The van der Waals surface area contributed by atoms with Gasteiger partial charge in [-0.25, -0.2) is 0 Å². The van der Waals surface area contributed by atoms with Crippen molar-refractivity contribution in [2.75, 3.05) is 0 Å². The molecule has 15 heavy (non-hydrogen) atoms. The zero-order chi connectivity index (χ0) is 11.3. The maximum atomic E-state index is 11.3. The fraction of sp³-hybridized carbons (Fsp3) is 0.364. The van der Waals surface area contributed by atoms with Gasteiger partial charge in [-0.3, -0.25) is 4.79 Å². The van der Waals surface area contributed by atoms with E-state index >= 15 is 0 Å². The van der Waals surface area contributed by atoms with Gasteiger partial charge < -0.3 is 0 Å². The molecule has 4 heteroatoms. The average molecular weight is 203 g/mol. The molecule has 0 aliphatic carbocycles. The van der Waals surface area contributed by atoms with Gasteiger partial charge in [0.2, 0.25) is 5.91 Å². The molecular weight excluding hydrogens is 190 g/mol. The van der Waals surface area contributed by atoms with Crippen LogP contribution in [0.2, 0.25) is 0 Å². The molecule has 4 nitrogen and oxygen atoms in total. The molecule has 0 saturated heterocycles. The molecule has 0 saturated carbocycles. The molecule has 1 aromatic carbocycles. The number of carbonyl (C=O) groups is 1. The number of benzene rings is 1. The molecule has 0 aliphatic heterocycles. The van der Waals surface area contributed by atoms with Crippen LogP contribution in [0.25, 0.3) is 10.4 Å². The predicted molar refractivity (Wildman–Crippen MR) is 58.5 cm³/mol. The Labute approximate surface area is 88.6 Å². The van der Waals surface area contributed by atoms with Gasteiger partial charge in [0, 0.05) is 10.5 Å². The molecule has 0 aromatic heterocycles. The van der Waals surface area contributed by atoms with Gasteiger partial charge >= 0.3 is 0 Å². The molecule has 1 rings (SSSR count). The quantitative estimate of drug-likeness (QED) is 0.422. The molecule has 1 aromatic rings. The van der Waals surface area contributed by atoms with Crippen molar-refractivity contribution in [3.05, 3.63) is 45.8 Å². The fourth-order valence-corrected chi connectivity index (χ4v) is 1.40. The van der Waals surface area contributed by atoms with Crippen molar-refractivity contribution in [2.45, 2.75) is 20.3 Å². The molecule has 1 amide bonds. The highest BCUT2D eigenvalue weighted by Gasteiger charge is 2.04. The van der Waals surface area contributed by atoms with E-state index in [4.69, 9.17) is 5.53 Å². The first-order valence-corrected chi connectivity index (χ1v) is 4.82. The van der Waals surface area contributed by atoms with Crippen LogP contribution in [0.3, 0.4) is 0 Å². The van der Waals surface area contributed by atoms with Crippen molar-refractivity contribution in [1.29, 1.82) is 0 Å². The van der Waals surface area contributed by atoms with Crippen molar-refractivity contribution in [3.8, 4) is 0 Å². The second-order valence-corrected chi connectivity index (χ2v) is 3.79. The molecule has 78 valence electrons. The Morgan fingerprint density at radius 1 is 1.53 bits per heavy atom. The lowest BCUT2D eigenvalue weighted by atomic mass is 10.0.